The molecule has 2 aromatic heterocycles. The molecule has 6 aromatic rings. The van der Waals surface area contributed by atoms with Gasteiger partial charge in [-0.1, -0.05) is 6.07 Å². The Morgan fingerprint density at radius 1 is 0.841 bits per heavy atom. The van der Waals surface area contributed by atoms with E-state index in [1.54, 1.807) is 54.6 Å². The largest absolute Gasteiger partial charge is 0.495 e. The van der Waals surface area contributed by atoms with Crippen LogP contribution in [0.5, 0.6) is 17.2 Å². The van der Waals surface area contributed by atoms with Crippen molar-refractivity contribution in [2.75, 3.05) is 47.6 Å². The summed E-state index contributed by atoms with van der Waals surface area (Å²) in [4.78, 5) is 81.7. The second kappa shape index (κ2) is 19.0. The number of rotatable bonds is 15. The van der Waals surface area contributed by atoms with E-state index in [1.165, 1.54) is 24.3 Å². The predicted octanol–water partition coefficient (Wildman–Crippen LogP) is 7.20. The van der Waals surface area contributed by atoms with Gasteiger partial charge in [0.05, 0.1) is 29.7 Å². The van der Waals surface area contributed by atoms with Crippen LogP contribution >= 0.6 is 0 Å². The van der Waals surface area contributed by atoms with Crippen molar-refractivity contribution < 1.29 is 37.8 Å². The quantitative estimate of drug-likeness (QED) is 0.0598. The van der Waals surface area contributed by atoms with Crippen molar-refractivity contribution in [2.24, 2.45) is 11.3 Å². The van der Waals surface area contributed by atoms with E-state index in [0.717, 1.165) is 71.6 Å². The van der Waals surface area contributed by atoms with Gasteiger partial charge in [0.2, 0.25) is 23.6 Å². The fourth-order valence-electron chi connectivity index (χ4n) is 9.45. The number of imide groups is 1. The summed E-state index contributed by atoms with van der Waals surface area (Å²) in [6.07, 6.45) is 10.2. The first-order valence-corrected chi connectivity index (χ1v) is 23.2. The average Bonchev–Trinajstić information content (AvgIpc) is 4.12. The number of hydrogen-bond donors (Lipinski definition) is 4. The van der Waals surface area contributed by atoms with Crippen LogP contribution in [0.4, 0.5) is 27.1 Å². The van der Waals surface area contributed by atoms with Gasteiger partial charge >= 0.3 is 0 Å². The molecule has 352 valence electrons. The number of methoxy groups -OCH3 is 1. The third-order valence-corrected chi connectivity index (χ3v) is 13.6. The lowest BCUT2D eigenvalue weighted by Crippen LogP contribution is -2.52. The first-order valence-electron chi connectivity index (χ1n) is 23.2. The predicted molar refractivity (Wildman–Crippen MR) is 255 cm³/mol. The van der Waals surface area contributed by atoms with E-state index >= 15 is 0 Å². The second-order valence-corrected chi connectivity index (χ2v) is 18.0. The molecule has 1 atom stereocenters. The topological polar surface area (TPSA) is 197 Å². The molecule has 1 aliphatic carbocycles. The standard InChI is InChI=1S/C52H50FN9O7/c1-68-46-26-39-42(55-22-16-45(39)69-37-11-9-34(10-12-37)59-51(67)52(19-20-52)50(66)58-33-7-5-32(53)6-8-33)27-44(46)61-23-17-31(18-24-61)25-36-29-56-35(28-57-36)15-21-54-41-4-2-3-38-40(41)30-62(49(38)65)43-13-14-47(63)60-48(43)64/h2-12,16,22,26-29,31,43,54H,13-15,17-21,23-25,30H2,1H3,(H,58,66)(H,59,67)(H,60,63,64). The molecule has 69 heavy (non-hydrogen) atoms. The van der Waals surface area contributed by atoms with Crippen molar-refractivity contribution in [3.8, 4) is 17.2 Å². The fraction of sp³-hybridized carbons (Fsp3) is 0.308. The molecule has 0 radical (unpaired) electrons. The summed E-state index contributed by atoms with van der Waals surface area (Å²) in [7, 11) is 1.66. The Hall–Kier alpha value is -7.95. The normalized spacial score (nSPS) is 17.5. The van der Waals surface area contributed by atoms with Crippen molar-refractivity contribution in [1.29, 1.82) is 0 Å². The maximum atomic E-state index is 13.3. The van der Waals surface area contributed by atoms with Crippen LogP contribution in [0.2, 0.25) is 0 Å². The smallest absolute Gasteiger partial charge is 0.255 e. The SMILES string of the molecule is COc1cc2c(Oc3ccc(NC(=O)C4(C(=O)Nc5ccc(F)cc5)CC4)cc3)ccnc2cc1N1CCC(Cc2cnc(CCNc3cccc4c3CN(C3CCC(=O)NC3=O)C4=O)cn2)CC1. The zero-order chi connectivity index (χ0) is 47.6. The molecule has 5 heterocycles. The molecule has 0 spiro atoms. The molecule has 16 nitrogen and oxygen atoms in total. The molecular formula is C52H50FN9O7. The molecule has 2 saturated heterocycles. The first-order chi connectivity index (χ1) is 33.5. The summed E-state index contributed by atoms with van der Waals surface area (Å²) in [6.45, 7) is 2.56. The number of pyridine rings is 1. The zero-order valence-corrected chi connectivity index (χ0v) is 37.9. The number of nitrogens with one attached hydrogen (secondary N) is 4. The Morgan fingerprint density at radius 3 is 2.23 bits per heavy atom. The van der Waals surface area contributed by atoms with Crippen LogP contribution in [-0.2, 0) is 38.6 Å². The number of benzene rings is 4. The minimum atomic E-state index is -1.18. The maximum absolute atomic E-state index is 13.3. The maximum Gasteiger partial charge on any atom is 0.255 e. The number of carbonyl (C=O) groups excluding carboxylic acids is 5. The van der Waals surface area contributed by atoms with Gasteiger partial charge in [-0.2, -0.15) is 0 Å². The molecule has 4 aromatic carbocycles. The number of hydrogen-bond acceptors (Lipinski definition) is 12. The molecule has 17 heteroatoms. The third kappa shape index (κ3) is 9.49. The number of amides is 5. The molecule has 4 aliphatic rings. The van der Waals surface area contributed by atoms with Gasteiger partial charge in [0.1, 0.15) is 34.5 Å². The Morgan fingerprint density at radius 2 is 1.55 bits per heavy atom. The van der Waals surface area contributed by atoms with E-state index in [-0.39, 0.29) is 18.2 Å². The molecule has 3 aliphatic heterocycles. The first kappa shape index (κ1) is 44.9. The van der Waals surface area contributed by atoms with Crippen molar-refractivity contribution in [3.63, 3.8) is 0 Å². The average molecular weight is 932 g/mol. The monoisotopic (exact) mass is 931 g/mol. The summed E-state index contributed by atoms with van der Waals surface area (Å²) < 4.78 is 25.6. The van der Waals surface area contributed by atoms with Crippen molar-refractivity contribution >= 4 is 63.2 Å². The number of aromatic nitrogens is 3. The zero-order valence-electron chi connectivity index (χ0n) is 37.9. The van der Waals surface area contributed by atoms with Crippen LogP contribution in [0.25, 0.3) is 10.9 Å². The van der Waals surface area contributed by atoms with Gasteiger partial charge in [-0.05, 0) is 123 Å². The minimum absolute atomic E-state index is 0.199. The van der Waals surface area contributed by atoms with Gasteiger partial charge in [-0.15, -0.1) is 0 Å². The van der Waals surface area contributed by atoms with Crippen LogP contribution in [-0.4, -0.2) is 82.2 Å². The lowest BCUT2D eigenvalue weighted by molar-refractivity contribution is -0.137. The number of fused-ring (bicyclic) bond motifs is 2. The summed E-state index contributed by atoms with van der Waals surface area (Å²) in [6, 6.07) is 23.0. The molecule has 1 unspecified atom stereocenters. The highest BCUT2D eigenvalue weighted by Crippen LogP contribution is 2.48. The van der Waals surface area contributed by atoms with Gasteiger partial charge in [0.15, 0.2) is 0 Å². The van der Waals surface area contributed by atoms with E-state index in [1.807, 2.05) is 36.7 Å². The lowest BCUT2D eigenvalue weighted by atomic mass is 9.92. The highest BCUT2D eigenvalue weighted by Gasteiger charge is 2.56. The van der Waals surface area contributed by atoms with Gasteiger partial charge in [-0.3, -0.25) is 44.2 Å². The fourth-order valence-corrected chi connectivity index (χ4v) is 9.45. The second-order valence-electron chi connectivity index (χ2n) is 18.0. The van der Waals surface area contributed by atoms with E-state index in [4.69, 9.17) is 19.4 Å². The van der Waals surface area contributed by atoms with Gasteiger partial charge < -0.3 is 35.2 Å². The number of piperidine rings is 2. The Labute approximate surface area is 397 Å². The van der Waals surface area contributed by atoms with Crippen LogP contribution in [0, 0.1) is 17.2 Å². The summed E-state index contributed by atoms with van der Waals surface area (Å²) in [5.74, 6) is 0.127. The highest BCUT2D eigenvalue weighted by atomic mass is 19.1. The Bertz CT molecular complexity index is 2960. The number of ether oxygens (including phenoxy) is 2. The molecular weight excluding hydrogens is 882 g/mol. The minimum Gasteiger partial charge on any atom is -0.495 e. The van der Waals surface area contributed by atoms with Crippen molar-refractivity contribution in [3.05, 3.63) is 132 Å². The Balaban J connectivity index is 0.704. The number of halogens is 1. The number of carbonyl (C=O) groups is 5. The van der Waals surface area contributed by atoms with E-state index in [0.29, 0.717) is 78.9 Å². The molecule has 3 fully saturated rings. The third-order valence-electron chi connectivity index (χ3n) is 13.6. The molecule has 5 amide bonds. The number of anilines is 4. The highest BCUT2D eigenvalue weighted by molar-refractivity contribution is 6.17. The van der Waals surface area contributed by atoms with Crippen LogP contribution < -0.4 is 35.6 Å². The van der Waals surface area contributed by atoms with Gasteiger partial charge in [0, 0.05) is 91.2 Å². The molecule has 0 bridgehead atoms. The van der Waals surface area contributed by atoms with Gasteiger partial charge in [0.25, 0.3) is 5.91 Å². The van der Waals surface area contributed by atoms with Crippen LogP contribution in [0.15, 0.2) is 104 Å². The van der Waals surface area contributed by atoms with Gasteiger partial charge in [-0.25, -0.2) is 4.39 Å². The molecule has 1 saturated carbocycles. The lowest BCUT2D eigenvalue weighted by Gasteiger charge is -2.34. The van der Waals surface area contributed by atoms with E-state index < -0.39 is 35.0 Å². The summed E-state index contributed by atoms with van der Waals surface area (Å²) >= 11 is 0. The van der Waals surface area contributed by atoms with Crippen LogP contribution in [0.1, 0.15) is 65.8 Å². The van der Waals surface area contributed by atoms with Crippen molar-refractivity contribution in [1.82, 2.24) is 25.2 Å². The Kier molecular flexibility index (Phi) is 12.3. The summed E-state index contributed by atoms with van der Waals surface area (Å²) in [5, 5.41) is 12.2. The summed E-state index contributed by atoms with van der Waals surface area (Å²) in [5.41, 5.74) is 5.55. The number of nitrogens with zero attached hydrogens (tertiary/aromatic N) is 5. The van der Waals surface area contributed by atoms with Crippen molar-refractivity contribution in [2.45, 2.75) is 64.0 Å². The molecule has 10 rings (SSSR count). The van der Waals surface area contributed by atoms with Crippen LogP contribution in [0.3, 0.4) is 0 Å². The molecule has 4 N–H and O–H groups in total. The van der Waals surface area contributed by atoms with E-state index in [2.05, 4.69) is 31.2 Å². The van der Waals surface area contributed by atoms with E-state index in [9.17, 15) is 28.4 Å².